The predicted molar refractivity (Wildman–Crippen MR) is 222 cm³/mol. The second-order valence-electron chi connectivity index (χ2n) is 14.3. The molecule has 3 heterocycles. The number of nitrogens with zero attached hydrogens (tertiary/aromatic N) is 4. The topological polar surface area (TPSA) is 346 Å². The normalized spacial score (nSPS) is 18.6. The molecule has 29 heteroatoms. The molecular formula is C36H42F3N9O14S3. The van der Waals surface area contributed by atoms with Crippen LogP contribution in [0.3, 0.4) is 0 Å². The highest BCUT2D eigenvalue weighted by molar-refractivity contribution is 7.89. The van der Waals surface area contributed by atoms with E-state index in [1.807, 2.05) is 60.7 Å². The summed E-state index contributed by atoms with van der Waals surface area (Å²) < 4.78 is 85.2. The van der Waals surface area contributed by atoms with Gasteiger partial charge in [0.25, 0.3) is 11.8 Å². The van der Waals surface area contributed by atoms with E-state index in [1.165, 1.54) is 26.2 Å². The third kappa shape index (κ3) is 14.4. The highest BCUT2D eigenvalue weighted by Crippen LogP contribution is 2.29. The van der Waals surface area contributed by atoms with Gasteiger partial charge in [0.05, 0.1) is 24.6 Å². The highest BCUT2D eigenvalue weighted by Gasteiger charge is 2.50. The number of carboxylic acid groups (broad SMARTS) is 1. The maximum absolute atomic E-state index is 13.4. The second-order valence-corrected chi connectivity index (χ2v) is 18.6. The van der Waals surface area contributed by atoms with Gasteiger partial charge in [0.1, 0.15) is 17.8 Å². The number of imide groups is 2. The van der Waals surface area contributed by atoms with Gasteiger partial charge >= 0.3 is 30.2 Å². The number of urea groups is 2. The van der Waals surface area contributed by atoms with E-state index >= 15 is 0 Å². The first-order valence-electron chi connectivity index (χ1n) is 18.2. The molecule has 2 unspecified atom stereocenters. The number of β-lactam (4-membered cyclic amide) rings is 2. The monoisotopic (exact) mass is 977 g/mol. The number of anilines is 1. The van der Waals surface area contributed by atoms with Gasteiger partial charge in [-0.3, -0.25) is 24.2 Å². The summed E-state index contributed by atoms with van der Waals surface area (Å²) in [6.07, 6.45) is -4.24. The largest absolute Gasteiger partial charge is 0.490 e. The van der Waals surface area contributed by atoms with E-state index in [-0.39, 0.29) is 10.8 Å². The number of esters is 1. The Morgan fingerprint density at radius 3 is 1.66 bits per heavy atom. The third-order valence-corrected chi connectivity index (χ3v) is 10.4. The maximum atomic E-state index is 13.4. The Morgan fingerprint density at radius 2 is 1.29 bits per heavy atom. The molecular weight excluding hydrogens is 936 g/mol. The summed E-state index contributed by atoms with van der Waals surface area (Å²) in [7, 11) is -7.56. The number of aromatic nitrogens is 1. The van der Waals surface area contributed by atoms with Crippen molar-refractivity contribution in [2.24, 2.45) is 10.9 Å². The molecule has 2 saturated heterocycles. The Kier molecular flexibility index (Phi) is 16.9. The summed E-state index contributed by atoms with van der Waals surface area (Å²) >= 11 is 1.02. The number of ether oxygens (including phenoxy) is 1. The van der Waals surface area contributed by atoms with Crippen LogP contribution in [-0.2, 0) is 53.6 Å². The number of carboxylic acids is 1. The number of nitrogens with two attached hydrogens (primary N) is 2. The number of likely N-dealkylation sites (tertiary alicyclic amines) is 2. The van der Waals surface area contributed by atoms with Crippen molar-refractivity contribution >= 4 is 83.9 Å². The van der Waals surface area contributed by atoms with Crippen molar-refractivity contribution in [2.75, 3.05) is 18.2 Å². The van der Waals surface area contributed by atoms with Gasteiger partial charge in [-0.15, -0.1) is 11.3 Å². The number of hydrogen-bond acceptors (Lipinski definition) is 18. The van der Waals surface area contributed by atoms with Crippen LogP contribution in [0, 0.1) is 0 Å². The number of nitrogens with one attached hydrogen (secondary N) is 3. The molecule has 8 N–H and O–H groups in total. The minimum atomic E-state index is -5.08. The first kappa shape index (κ1) is 52.6. The van der Waals surface area contributed by atoms with Gasteiger partial charge in [-0.05, 0) is 38.8 Å². The number of alkyl halides is 3. The van der Waals surface area contributed by atoms with Gasteiger partial charge in [0, 0.05) is 5.38 Å². The molecule has 354 valence electrons. The molecule has 7 amide bonds. The van der Waals surface area contributed by atoms with E-state index in [0.29, 0.717) is 4.90 Å². The molecule has 0 saturated carbocycles. The molecule has 1 aromatic heterocycles. The van der Waals surface area contributed by atoms with Gasteiger partial charge in [-0.1, -0.05) is 65.8 Å². The lowest BCUT2D eigenvalue weighted by Gasteiger charge is -2.43. The molecule has 23 nitrogen and oxygen atoms in total. The summed E-state index contributed by atoms with van der Waals surface area (Å²) in [5.74, 6) is -5.88. The molecule has 0 spiro atoms. The van der Waals surface area contributed by atoms with Crippen molar-refractivity contribution in [1.29, 1.82) is 0 Å². The van der Waals surface area contributed by atoms with Crippen LogP contribution in [-0.4, -0.2) is 133 Å². The van der Waals surface area contributed by atoms with E-state index in [0.717, 1.165) is 39.9 Å². The van der Waals surface area contributed by atoms with Crippen molar-refractivity contribution < 1.29 is 78.2 Å². The zero-order valence-electron chi connectivity index (χ0n) is 34.8. The Labute approximate surface area is 372 Å². The number of benzene rings is 2. The third-order valence-electron chi connectivity index (χ3n) is 8.62. The van der Waals surface area contributed by atoms with Crippen LogP contribution in [0.4, 0.5) is 27.9 Å². The number of rotatable bonds is 11. The fraction of sp³-hybridized carbons (Fsp3) is 0.361. The summed E-state index contributed by atoms with van der Waals surface area (Å²) in [4.78, 5) is 93.7. The van der Waals surface area contributed by atoms with E-state index in [1.54, 1.807) is 16.4 Å². The molecule has 3 aromatic rings. The zero-order valence-corrected chi connectivity index (χ0v) is 37.2. The van der Waals surface area contributed by atoms with Crippen molar-refractivity contribution in [1.82, 2.24) is 29.5 Å². The van der Waals surface area contributed by atoms with Crippen molar-refractivity contribution in [3.63, 3.8) is 0 Å². The van der Waals surface area contributed by atoms with Crippen molar-refractivity contribution in [3.05, 3.63) is 82.9 Å². The lowest BCUT2D eigenvalue weighted by molar-refractivity contribution is -0.192. The minimum Gasteiger partial charge on any atom is -0.475 e. The molecule has 4 atom stereocenters. The summed E-state index contributed by atoms with van der Waals surface area (Å²) in [5, 5.41) is 15.0. The van der Waals surface area contributed by atoms with Crippen molar-refractivity contribution in [2.45, 2.75) is 69.7 Å². The molecule has 0 bridgehead atoms. The molecule has 2 fully saturated rings. The number of oxime groups is 1. The van der Waals surface area contributed by atoms with E-state index in [4.69, 9.17) is 30.9 Å². The Bertz CT molecular complexity index is 2500. The number of halogens is 3. The second kappa shape index (κ2) is 20.9. The summed E-state index contributed by atoms with van der Waals surface area (Å²) in [5.41, 5.74) is 10.4. The van der Waals surface area contributed by atoms with Gasteiger partial charge in [-0.25, -0.2) is 50.4 Å². The Morgan fingerprint density at radius 1 is 0.846 bits per heavy atom. The van der Waals surface area contributed by atoms with Crippen LogP contribution in [0.2, 0.25) is 0 Å². The summed E-state index contributed by atoms with van der Waals surface area (Å²) in [6, 6.07) is 12.9. The number of nitrogen functional groups attached to an aromatic ring is 1. The van der Waals surface area contributed by atoms with E-state index in [9.17, 15) is 58.8 Å². The molecule has 2 aliphatic rings. The van der Waals surface area contributed by atoms with E-state index in [2.05, 4.69) is 15.5 Å². The predicted octanol–water partition coefficient (Wildman–Crippen LogP) is 0.789. The lowest BCUT2D eigenvalue weighted by atomic mass is 9.97. The van der Waals surface area contributed by atoms with Crippen LogP contribution in [0.15, 0.2) is 71.2 Å². The van der Waals surface area contributed by atoms with Gasteiger partial charge < -0.3 is 31.5 Å². The smallest absolute Gasteiger partial charge is 0.475 e. The average molecular weight is 978 g/mol. The van der Waals surface area contributed by atoms with Crippen LogP contribution in [0.25, 0.3) is 0 Å². The Hall–Kier alpha value is -6.72. The fourth-order valence-electron chi connectivity index (χ4n) is 5.28. The van der Waals surface area contributed by atoms with Gasteiger partial charge in [0.15, 0.2) is 16.9 Å². The van der Waals surface area contributed by atoms with Crippen molar-refractivity contribution in [3.8, 4) is 0 Å². The zero-order chi connectivity index (χ0) is 49.4. The number of hydrogen-bond donors (Lipinski definition) is 6. The SMILES string of the molecule is CC1C(N)C(=O)N1C(=O)NS(C)(=O)=O.C[C@H]1[C@H](NC(=O)/C(=N\OC(C)(C)C(=O)OC(c2ccccc2)c2ccccc2)c2csc(N)n2)C(=O)N1C(=O)NS(C)(=O)=O.O=C(O)C(F)(F)F. The molecule has 2 aromatic carbocycles. The summed E-state index contributed by atoms with van der Waals surface area (Å²) in [6.45, 7) is 5.82. The number of thiazole rings is 1. The number of aliphatic carboxylic acids is 1. The first-order chi connectivity index (χ1) is 29.9. The minimum absolute atomic E-state index is 0.00622. The Balaban J connectivity index is 0.000000438. The first-order valence-corrected chi connectivity index (χ1v) is 22.9. The molecule has 65 heavy (non-hydrogen) atoms. The van der Waals surface area contributed by atoms with Crippen LogP contribution < -0.4 is 26.2 Å². The molecule has 2 aliphatic heterocycles. The van der Waals surface area contributed by atoms with Crippen LogP contribution in [0.1, 0.15) is 50.6 Å². The van der Waals surface area contributed by atoms with E-state index < -0.39 is 110 Å². The van der Waals surface area contributed by atoms with Gasteiger partial charge in [0.2, 0.25) is 31.6 Å². The van der Waals surface area contributed by atoms with Gasteiger partial charge in [-0.2, -0.15) is 13.2 Å². The molecule has 5 rings (SSSR count). The lowest BCUT2D eigenvalue weighted by Crippen LogP contribution is -2.73. The molecule has 0 radical (unpaired) electrons. The molecule has 0 aliphatic carbocycles. The quantitative estimate of drug-likeness (QED) is 0.0669. The van der Waals surface area contributed by atoms with Crippen LogP contribution >= 0.6 is 11.3 Å². The number of carbonyl (C=O) groups is 7. The number of carbonyl (C=O) groups excluding carboxylic acids is 6. The fourth-order valence-corrected chi connectivity index (χ4v) is 6.66. The van der Waals surface area contributed by atoms with Crippen LogP contribution in [0.5, 0.6) is 0 Å². The number of amides is 7. The standard InChI is InChI=1S/C28H30N6O8S2.C6H11N3O4S.C2HF3O2/c1-16-20(24(36)34(16)27(38)33-44(4,39)40)31-23(35)21(19-15-43-26(29)30-19)32-42-28(2,3)25(37)41-22(17-11-7-5-8-12-17)18-13-9-6-10-14-18;1-3-4(7)5(10)9(3)6(11)8-14(2,12)13;3-2(4,5)1(6)7/h5-16,20,22H,1-4H3,(H2,29,30)(H,31,35)(H,33,38);3-4H,7H2,1-2H3,(H,8,11);(H,6,7)/b32-21-;;/t16-,20-;;/m0../s1. The maximum Gasteiger partial charge on any atom is 0.490 e. The number of sulfonamides is 2. The average Bonchev–Trinajstić information content (AvgIpc) is 3.63. The highest BCUT2D eigenvalue weighted by atomic mass is 32.2.